The van der Waals surface area contributed by atoms with Gasteiger partial charge in [-0.05, 0) is 5.56 Å². The Morgan fingerprint density at radius 3 is 2.41 bits per heavy atom. The zero-order valence-electron chi connectivity index (χ0n) is 8.68. The van der Waals surface area contributed by atoms with Crippen molar-refractivity contribution in [2.75, 3.05) is 6.61 Å². The predicted octanol–water partition coefficient (Wildman–Crippen LogP) is 0.385. The van der Waals surface area contributed by atoms with E-state index in [4.69, 9.17) is 19.7 Å². The standard InChI is InChI=1S/C9H12NO6P/c11-8(10-12)6-16-9(17(13,14)15)7-4-2-1-3-5-7/h1-5,9,12H,6H2,(H,10,11)(H2,13,14,15). The largest absolute Gasteiger partial charge is 0.358 e. The van der Waals surface area contributed by atoms with Crippen molar-refractivity contribution < 1.29 is 29.1 Å². The Kier molecular flexibility index (Phi) is 4.80. The van der Waals surface area contributed by atoms with Gasteiger partial charge in [0, 0.05) is 0 Å². The lowest BCUT2D eigenvalue weighted by atomic mass is 10.2. The first kappa shape index (κ1) is 13.8. The number of carbonyl (C=O) groups excluding carboxylic acids is 1. The summed E-state index contributed by atoms with van der Waals surface area (Å²) in [7, 11) is -4.55. The molecule has 1 atom stereocenters. The molecule has 0 aliphatic heterocycles. The minimum Gasteiger partial charge on any atom is -0.351 e. The summed E-state index contributed by atoms with van der Waals surface area (Å²) in [4.78, 5) is 29.0. The molecule has 0 fully saturated rings. The molecule has 0 aliphatic carbocycles. The van der Waals surface area contributed by atoms with Crippen LogP contribution >= 0.6 is 7.60 Å². The molecule has 1 rings (SSSR count). The maximum Gasteiger partial charge on any atom is 0.358 e. The number of hydrogen-bond acceptors (Lipinski definition) is 4. The van der Waals surface area contributed by atoms with Crippen LogP contribution < -0.4 is 5.48 Å². The van der Waals surface area contributed by atoms with Crippen LogP contribution in [0.2, 0.25) is 0 Å². The average Bonchev–Trinajstić information content (AvgIpc) is 2.28. The van der Waals surface area contributed by atoms with Gasteiger partial charge in [-0.1, -0.05) is 30.3 Å². The smallest absolute Gasteiger partial charge is 0.351 e. The van der Waals surface area contributed by atoms with Crippen molar-refractivity contribution in [1.82, 2.24) is 5.48 Å². The zero-order valence-corrected chi connectivity index (χ0v) is 9.58. The second-order valence-electron chi connectivity index (χ2n) is 3.20. The Morgan fingerprint density at radius 2 is 1.94 bits per heavy atom. The van der Waals surface area contributed by atoms with Gasteiger partial charge in [0.25, 0.3) is 5.91 Å². The van der Waals surface area contributed by atoms with Gasteiger partial charge in [0.05, 0.1) is 0 Å². The highest BCUT2D eigenvalue weighted by Gasteiger charge is 2.31. The van der Waals surface area contributed by atoms with Crippen molar-refractivity contribution in [3.63, 3.8) is 0 Å². The van der Waals surface area contributed by atoms with E-state index < -0.39 is 26.0 Å². The van der Waals surface area contributed by atoms with Crippen molar-refractivity contribution >= 4 is 13.5 Å². The maximum absolute atomic E-state index is 11.2. The van der Waals surface area contributed by atoms with Crippen LogP contribution in [0.4, 0.5) is 0 Å². The highest BCUT2D eigenvalue weighted by Crippen LogP contribution is 2.52. The molecule has 0 bridgehead atoms. The normalized spacial score (nSPS) is 13.1. The summed E-state index contributed by atoms with van der Waals surface area (Å²) in [6, 6.07) is 7.81. The van der Waals surface area contributed by atoms with E-state index in [0.29, 0.717) is 0 Å². The van der Waals surface area contributed by atoms with Crippen LogP contribution in [0.5, 0.6) is 0 Å². The van der Waals surface area contributed by atoms with Gasteiger partial charge >= 0.3 is 7.60 Å². The second kappa shape index (κ2) is 5.90. The number of rotatable bonds is 5. The minimum absolute atomic E-state index is 0.256. The van der Waals surface area contributed by atoms with Crippen LogP contribution in [0.15, 0.2) is 30.3 Å². The molecule has 4 N–H and O–H groups in total. The number of nitrogens with one attached hydrogen (secondary N) is 1. The summed E-state index contributed by atoms with van der Waals surface area (Å²) >= 11 is 0. The minimum atomic E-state index is -4.55. The SMILES string of the molecule is O=C(COC(c1ccccc1)P(=O)(O)O)NO. The van der Waals surface area contributed by atoms with Crippen LogP contribution in [-0.2, 0) is 14.1 Å². The number of carbonyl (C=O) groups is 1. The molecule has 0 saturated heterocycles. The molecule has 8 heteroatoms. The molecule has 1 amide bonds. The molecule has 1 unspecified atom stereocenters. The third kappa shape index (κ3) is 4.26. The summed E-state index contributed by atoms with van der Waals surface area (Å²) in [5.74, 6) is -2.42. The molecule has 0 saturated carbocycles. The summed E-state index contributed by atoms with van der Waals surface area (Å²) in [5.41, 5.74) is 1.56. The molecule has 0 aliphatic rings. The lowest BCUT2D eigenvalue weighted by Crippen LogP contribution is -2.25. The quantitative estimate of drug-likeness (QED) is 0.346. The number of hydroxylamine groups is 1. The highest BCUT2D eigenvalue weighted by molar-refractivity contribution is 7.52. The van der Waals surface area contributed by atoms with Crippen LogP contribution in [0, 0.1) is 0 Å². The number of benzene rings is 1. The second-order valence-corrected chi connectivity index (χ2v) is 4.85. The van der Waals surface area contributed by atoms with Gasteiger partial charge in [-0.25, -0.2) is 5.48 Å². The first-order chi connectivity index (χ1) is 7.95. The fraction of sp³-hybridized carbons (Fsp3) is 0.222. The molecule has 7 nitrogen and oxygen atoms in total. The van der Waals surface area contributed by atoms with Gasteiger partial charge in [0.2, 0.25) is 0 Å². The molecule has 0 aromatic heterocycles. The van der Waals surface area contributed by atoms with Crippen LogP contribution in [0.1, 0.15) is 11.4 Å². The lowest BCUT2D eigenvalue weighted by molar-refractivity contribution is -0.134. The fourth-order valence-electron chi connectivity index (χ4n) is 1.19. The maximum atomic E-state index is 11.2. The Balaban J connectivity index is 2.83. The topological polar surface area (TPSA) is 116 Å². The van der Waals surface area contributed by atoms with E-state index in [-0.39, 0.29) is 5.56 Å². The summed E-state index contributed by atoms with van der Waals surface area (Å²) in [5, 5.41) is 8.25. The number of hydrogen-bond donors (Lipinski definition) is 4. The van der Waals surface area contributed by atoms with Gasteiger partial charge in [-0.15, -0.1) is 0 Å². The van der Waals surface area contributed by atoms with E-state index in [1.807, 2.05) is 0 Å². The van der Waals surface area contributed by atoms with Gasteiger partial charge < -0.3 is 14.5 Å². The number of amides is 1. The zero-order chi connectivity index (χ0) is 12.9. The van der Waals surface area contributed by atoms with E-state index >= 15 is 0 Å². The molecular formula is C9H12NO6P. The Morgan fingerprint density at radius 1 is 1.35 bits per heavy atom. The van der Waals surface area contributed by atoms with Crippen molar-refractivity contribution in [2.24, 2.45) is 0 Å². The van der Waals surface area contributed by atoms with E-state index in [2.05, 4.69) is 0 Å². The predicted molar refractivity (Wildman–Crippen MR) is 57.1 cm³/mol. The van der Waals surface area contributed by atoms with E-state index in [9.17, 15) is 9.36 Å². The van der Waals surface area contributed by atoms with E-state index in [1.54, 1.807) is 18.2 Å². The molecule has 0 heterocycles. The van der Waals surface area contributed by atoms with Gasteiger partial charge in [0.15, 0.2) is 5.85 Å². The summed E-state index contributed by atoms with van der Waals surface area (Å²) in [6.07, 6.45) is 0. The first-order valence-corrected chi connectivity index (χ1v) is 6.28. The Bertz CT molecular complexity index is 417. The van der Waals surface area contributed by atoms with Crippen molar-refractivity contribution in [3.05, 3.63) is 35.9 Å². The summed E-state index contributed by atoms with van der Waals surface area (Å²) < 4.78 is 16.0. The molecule has 1 aromatic rings. The lowest BCUT2D eigenvalue weighted by Gasteiger charge is -2.18. The van der Waals surface area contributed by atoms with Gasteiger partial charge in [-0.3, -0.25) is 14.6 Å². The van der Waals surface area contributed by atoms with Crippen molar-refractivity contribution in [1.29, 1.82) is 0 Å². The average molecular weight is 261 g/mol. The van der Waals surface area contributed by atoms with Crippen molar-refractivity contribution in [3.8, 4) is 0 Å². The number of ether oxygens (including phenoxy) is 1. The monoisotopic (exact) mass is 261 g/mol. The first-order valence-electron chi connectivity index (χ1n) is 4.60. The fourth-order valence-corrected chi connectivity index (χ4v) is 2.02. The van der Waals surface area contributed by atoms with Gasteiger partial charge in [-0.2, -0.15) is 0 Å². The molecule has 1 aromatic carbocycles. The summed E-state index contributed by atoms with van der Waals surface area (Å²) in [6.45, 7) is -0.652. The van der Waals surface area contributed by atoms with E-state index in [0.717, 1.165) is 0 Å². The molecule has 17 heavy (non-hydrogen) atoms. The molecular weight excluding hydrogens is 249 g/mol. The molecule has 0 radical (unpaired) electrons. The Labute approximate surface area is 97.2 Å². The van der Waals surface area contributed by atoms with Gasteiger partial charge in [0.1, 0.15) is 6.61 Å². The van der Waals surface area contributed by atoms with Crippen LogP contribution in [0.3, 0.4) is 0 Å². The Hall–Kier alpha value is -1.24. The van der Waals surface area contributed by atoms with Crippen molar-refractivity contribution in [2.45, 2.75) is 5.85 Å². The van der Waals surface area contributed by atoms with Crippen LogP contribution in [-0.4, -0.2) is 27.5 Å². The highest BCUT2D eigenvalue weighted by atomic mass is 31.2. The third-order valence-corrected chi connectivity index (χ3v) is 2.95. The van der Waals surface area contributed by atoms with Crippen LogP contribution in [0.25, 0.3) is 0 Å². The molecule has 94 valence electrons. The van der Waals surface area contributed by atoms with E-state index in [1.165, 1.54) is 17.6 Å². The third-order valence-electron chi connectivity index (χ3n) is 1.89. The molecule has 0 spiro atoms.